The van der Waals surface area contributed by atoms with E-state index in [4.69, 9.17) is 0 Å². The molecule has 0 bridgehead atoms. The third-order valence-corrected chi connectivity index (χ3v) is 6.11. The third-order valence-electron chi connectivity index (χ3n) is 6.11. The zero-order chi connectivity index (χ0) is 18.8. The number of hydrogen-bond acceptors (Lipinski definition) is 3. The lowest BCUT2D eigenvalue weighted by Gasteiger charge is -2.37. The maximum Gasteiger partial charge on any atom is 0.252 e. The Bertz CT molecular complexity index is 734. The van der Waals surface area contributed by atoms with E-state index in [2.05, 4.69) is 5.32 Å². The van der Waals surface area contributed by atoms with E-state index in [1.165, 1.54) is 6.42 Å². The maximum atomic E-state index is 12.9. The highest BCUT2D eigenvalue weighted by Gasteiger charge is 2.35. The fourth-order valence-electron chi connectivity index (χ4n) is 4.52. The molecule has 4 rings (SSSR count). The van der Waals surface area contributed by atoms with Crippen molar-refractivity contribution in [2.75, 3.05) is 26.2 Å². The average Bonchev–Trinajstić information content (AvgIpc) is 2.73. The molecule has 144 valence electrons. The van der Waals surface area contributed by atoms with Gasteiger partial charge in [-0.25, -0.2) is 0 Å². The van der Waals surface area contributed by atoms with Crippen LogP contribution in [-0.2, 0) is 16.0 Å². The molecule has 1 N–H and O–H groups in total. The minimum absolute atomic E-state index is 0.0262. The summed E-state index contributed by atoms with van der Waals surface area (Å²) in [6.45, 7) is 2.95. The van der Waals surface area contributed by atoms with Gasteiger partial charge in [-0.15, -0.1) is 0 Å². The summed E-state index contributed by atoms with van der Waals surface area (Å²) in [7, 11) is 0. The zero-order valence-corrected chi connectivity index (χ0v) is 15.7. The first-order valence-corrected chi connectivity index (χ1v) is 10.1. The average molecular weight is 369 g/mol. The predicted molar refractivity (Wildman–Crippen MR) is 101 cm³/mol. The molecular formula is C21H27N3O3. The first-order chi connectivity index (χ1) is 13.1. The molecule has 2 saturated heterocycles. The second-order valence-corrected chi connectivity index (χ2v) is 7.87. The van der Waals surface area contributed by atoms with Crippen LogP contribution in [-0.4, -0.2) is 59.7 Å². The lowest BCUT2D eigenvalue weighted by atomic mass is 9.92. The number of nitrogens with one attached hydrogen (secondary N) is 1. The van der Waals surface area contributed by atoms with E-state index in [9.17, 15) is 14.4 Å². The molecule has 0 saturated carbocycles. The van der Waals surface area contributed by atoms with E-state index in [1.807, 2.05) is 28.0 Å². The maximum absolute atomic E-state index is 12.9. The highest BCUT2D eigenvalue weighted by molar-refractivity contribution is 6.00. The van der Waals surface area contributed by atoms with E-state index in [0.29, 0.717) is 25.1 Å². The Morgan fingerprint density at radius 1 is 0.889 bits per heavy atom. The molecule has 1 unspecified atom stereocenters. The predicted octanol–water partition coefficient (Wildman–Crippen LogP) is 1.59. The van der Waals surface area contributed by atoms with Crippen LogP contribution in [0.3, 0.4) is 0 Å². The van der Waals surface area contributed by atoms with Crippen LogP contribution in [0.4, 0.5) is 0 Å². The molecule has 1 aromatic rings. The molecule has 3 heterocycles. The molecule has 3 aliphatic rings. The summed E-state index contributed by atoms with van der Waals surface area (Å²) in [5.41, 5.74) is 1.59. The summed E-state index contributed by atoms with van der Waals surface area (Å²) in [5.74, 6) is 0.0996. The van der Waals surface area contributed by atoms with Gasteiger partial charge in [0.05, 0.1) is 0 Å². The van der Waals surface area contributed by atoms with E-state index in [1.54, 1.807) is 6.07 Å². The van der Waals surface area contributed by atoms with Crippen LogP contribution in [0.25, 0.3) is 0 Å². The minimum atomic E-state index is -0.498. The van der Waals surface area contributed by atoms with Crippen LogP contribution >= 0.6 is 0 Å². The Kier molecular flexibility index (Phi) is 5.14. The molecule has 3 amide bonds. The van der Waals surface area contributed by atoms with Crippen LogP contribution in [0.1, 0.15) is 48.0 Å². The van der Waals surface area contributed by atoms with Crippen molar-refractivity contribution in [3.63, 3.8) is 0 Å². The van der Waals surface area contributed by atoms with Gasteiger partial charge < -0.3 is 15.1 Å². The van der Waals surface area contributed by atoms with Gasteiger partial charge in [0.2, 0.25) is 11.8 Å². The van der Waals surface area contributed by atoms with Crippen molar-refractivity contribution in [1.29, 1.82) is 0 Å². The summed E-state index contributed by atoms with van der Waals surface area (Å²) in [5, 5.41) is 2.85. The van der Waals surface area contributed by atoms with Crippen molar-refractivity contribution in [2.24, 2.45) is 5.92 Å². The molecule has 0 aliphatic carbocycles. The summed E-state index contributed by atoms with van der Waals surface area (Å²) < 4.78 is 0. The number of likely N-dealkylation sites (tertiary alicyclic amines) is 2. The Hall–Kier alpha value is -2.37. The number of fused-ring (bicyclic) bond motifs is 1. The molecule has 1 atom stereocenters. The fourth-order valence-corrected chi connectivity index (χ4v) is 4.52. The van der Waals surface area contributed by atoms with Gasteiger partial charge in [-0.1, -0.05) is 18.2 Å². The molecule has 6 heteroatoms. The molecule has 0 radical (unpaired) electrons. The molecule has 1 aromatic carbocycles. The Morgan fingerprint density at radius 2 is 1.56 bits per heavy atom. The number of piperidine rings is 2. The van der Waals surface area contributed by atoms with Crippen LogP contribution in [0.15, 0.2) is 24.3 Å². The Labute approximate surface area is 159 Å². The van der Waals surface area contributed by atoms with Crippen molar-refractivity contribution in [3.8, 4) is 0 Å². The lowest BCUT2D eigenvalue weighted by molar-refractivity contribution is -0.142. The van der Waals surface area contributed by atoms with Crippen molar-refractivity contribution in [3.05, 3.63) is 35.4 Å². The number of carbonyl (C=O) groups is 3. The number of amides is 3. The first-order valence-electron chi connectivity index (χ1n) is 10.1. The van der Waals surface area contributed by atoms with Crippen molar-refractivity contribution < 1.29 is 14.4 Å². The molecule has 27 heavy (non-hydrogen) atoms. The Morgan fingerprint density at radius 3 is 2.30 bits per heavy atom. The van der Waals surface area contributed by atoms with E-state index in [0.717, 1.165) is 44.3 Å². The van der Waals surface area contributed by atoms with Gasteiger partial charge >= 0.3 is 0 Å². The highest BCUT2D eigenvalue weighted by Crippen LogP contribution is 2.24. The minimum Gasteiger partial charge on any atom is -0.342 e. The van der Waals surface area contributed by atoms with Crippen LogP contribution in [0.5, 0.6) is 0 Å². The molecule has 6 nitrogen and oxygen atoms in total. The fraction of sp³-hybridized carbons (Fsp3) is 0.571. The van der Waals surface area contributed by atoms with Crippen LogP contribution < -0.4 is 5.32 Å². The van der Waals surface area contributed by atoms with Gasteiger partial charge in [0, 0.05) is 44.1 Å². The van der Waals surface area contributed by atoms with Crippen LogP contribution in [0, 0.1) is 5.92 Å². The number of carbonyl (C=O) groups excluding carboxylic acids is 3. The van der Waals surface area contributed by atoms with Crippen molar-refractivity contribution in [2.45, 2.75) is 44.6 Å². The zero-order valence-electron chi connectivity index (χ0n) is 15.7. The highest BCUT2D eigenvalue weighted by atomic mass is 16.2. The first kappa shape index (κ1) is 18.0. The van der Waals surface area contributed by atoms with Crippen molar-refractivity contribution >= 4 is 17.7 Å². The second kappa shape index (κ2) is 7.71. The largest absolute Gasteiger partial charge is 0.342 e. The van der Waals surface area contributed by atoms with E-state index >= 15 is 0 Å². The summed E-state index contributed by atoms with van der Waals surface area (Å²) >= 11 is 0. The quantitative estimate of drug-likeness (QED) is 0.861. The van der Waals surface area contributed by atoms with Gasteiger partial charge in [-0.05, 0) is 43.7 Å². The lowest BCUT2D eigenvalue weighted by Crippen LogP contribution is -2.54. The molecule has 3 aliphatic heterocycles. The van der Waals surface area contributed by atoms with Gasteiger partial charge in [0.1, 0.15) is 6.04 Å². The third kappa shape index (κ3) is 3.70. The topological polar surface area (TPSA) is 69.7 Å². The monoisotopic (exact) mass is 369 g/mol. The SMILES string of the molecule is O=C1NC(C(=O)N2CCC(C(=O)N3CCCCC3)CC2)Cc2ccccc21. The standard InChI is InChI=1S/C21H27N3O3/c25-19-17-7-3-2-6-16(17)14-18(22-19)21(27)24-12-8-15(9-13-24)20(26)23-10-4-1-5-11-23/h2-3,6-7,15,18H,1,4-5,8-14H2,(H,22,25). The van der Waals surface area contributed by atoms with E-state index in [-0.39, 0.29) is 23.6 Å². The number of hydrogen-bond donors (Lipinski definition) is 1. The number of rotatable bonds is 2. The summed E-state index contributed by atoms with van der Waals surface area (Å²) in [6, 6.07) is 6.95. The van der Waals surface area contributed by atoms with Gasteiger partial charge in [0.15, 0.2) is 0 Å². The molecular weight excluding hydrogens is 342 g/mol. The van der Waals surface area contributed by atoms with Gasteiger partial charge in [-0.3, -0.25) is 14.4 Å². The summed E-state index contributed by atoms with van der Waals surface area (Å²) in [4.78, 5) is 41.7. The number of nitrogens with zero attached hydrogens (tertiary/aromatic N) is 2. The number of benzene rings is 1. The molecule has 0 spiro atoms. The van der Waals surface area contributed by atoms with Gasteiger partial charge in [0.25, 0.3) is 5.91 Å². The summed E-state index contributed by atoms with van der Waals surface area (Å²) in [6.07, 6.45) is 5.40. The van der Waals surface area contributed by atoms with Crippen molar-refractivity contribution in [1.82, 2.24) is 15.1 Å². The normalized spacial score (nSPS) is 23.6. The van der Waals surface area contributed by atoms with Gasteiger partial charge in [-0.2, -0.15) is 0 Å². The van der Waals surface area contributed by atoms with E-state index < -0.39 is 6.04 Å². The second-order valence-electron chi connectivity index (χ2n) is 7.87. The smallest absolute Gasteiger partial charge is 0.252 e. The molecule has 2 fully saturated rings. The molecule has 0 aromatic heterocycles. The van der Waals surface area contributed by atoms with Crippen LogP contribution in [0.2, 0.25) is 0 Å². The Balaban J connectivity index is 1.34.